The first-order valence-electron chi connectivity index (χ1n) is 3.93. The van der Waals surface area contributed by atoms with E-state index in [1.807, 2.05) is 0 Å². The smallest absolute Gasteiger partial charge is 0.220 e. The lowest BCUT2D eigenvalue weighted by molar-refractivity contribution is -0.122. The molecule has 2 heteroatoms. The Kier molecular flexibility index (Phi) is 2.30. The van der Waals surface area contributed by atoms with E-state index in [2.05, 4.69) is 12.2 Å². The Morgan fingerprint density at radius 1 is 1.60 bits per heavy atom. The third-order valence-corrected chi connectivity index (χ3v) is 2.22. The first kappa shape index (κ1) is 7.58. The van der Waals surface area contributed by atoms with Crippen LogP contribution in [-0.4, -0.2) is 13.0 Å². The quantitative estimate of drug-likeness (QED) is 0.614. The standard InChI is InChI=1S/C8H15NO/c1-6-3-7(4-6)5-8(10)9-2/h6-7H,3-5H2,1-2H3,(H,9,10). The second-order valence-corrected chi connectivity index (χ2v) is 3.32. The second-order valence-electron chi connectivity index (χ2n) is 3.32. The van der Waals surface area contributed by atoms with Crippen molar-refractivity contribution in [2.24, 2.45) is 11.8 Å². The van der Waals surface area contributed by atoms with E-state index in [9.17, 15) is 4.79 Å². The molecule has 0 aromatic carbocycles. The Balaban J connectivity index is 2.10. The minimum atomic E-state index is 0.192. The van der Waals surface area contributed by atoms with Crippen LogP contribution in [0, 0.1) is 11.8 Å². The first-order chi connectivity index (χ1) is 4.72. The maximum atomic E-state index is 10.8. The summed E-state index contributed by atoms with van der Waals surface area (Å²) in [6.07, 6.45) is 3.22. The molecule has 0 aliphatic heterocycles. The number of hydrogen-bond donors (Lipinski definition) is 1. The van der Waals surface area contributed by atoms with Gasteiger partial charge < -0.3 is 5.32 Å². The van der Waals surface area contributed by atoms with Gasteiger partial charge in [-0.05, 0) is 24.7 Å². The summed E-state index contributed by atoms with van der Waals surface area (Å²) in [6, 6.07) is 0. The van der Waals surface area contributed by atoms with Gasteiger partial charge in [0, 0.05) is 13.5 Å². The largest absolute Gasteiger partial charge is 0.359 e. The summed E-state index contributed by atoms with van der Waals surface area (Å²) in [5.74, 6) is 1.72. The topological polar surface area (TPSA) is 29.1 Å². The van der Waals surface area contributed by atoms with Crippen LogP contribution in [0.15, 0.2) is 0 Å². The lowest BCUT2D eigenvalue weighted by Crippen LogP contribution is -2.28. The summed E-state index contributed by atoms with van der Waals surface area (Å²) in [6.45, 7) is 2.24. The van der Waals surface area contributed by atoms with Crippen molar-refractivity contribution in [2.45, 2.75) is 26.2 Å². The van der Waals surface area contributed by atoms with Gasteiger partial charge in [-0.3, -0.25) is 4.79 Å². The molecule has 2 nitrogen and oxygen atoms in total. The Morgan fingerprint density at radius 3 is 2.60 bits per heavy atom. The zero-order valence-corrected chi connectivity index (χ0v) is 6.68. The van der Waals surface area contributed by atoms with Gasteiger partial charge in [-0.15, -0.1) is 0 Å². The van der Waals surface area contributed by atoms with Crippen LogP contribution in [0.1, 0.15) is 26.2 Å². The van der Waals surface area contributed by atoms with E-state index in [4.69, 9.17) is 0 Å². The van der Waals surface area contributed by atoms with Gasteiger partial charge in [0.1, 0.15) is 0 Å². The summed E-state index contributed by atoms with van der Waals surface area (Å²) in [5, 5.41) is 2.64. The normalized spacial score (nSPS) is 31.0. The van der Waals surface area contributed by atoms with Crippen LogP contribution in [0.2, 0.25) is 0 Å². The van der Waals surface area contributed by atoms with E-state index in [1.54, 1.807) is 7.05 Å². The van der Waals surface area contributed by atoms with Crippen LogP contribution in [0.4, 0.5) is 0 Å². The molecule has 1 fully saturated rings. The molecule has 0 radical (unpaired) electrons. The maximum Gasteiger partial charge on any atom is 0.220 e. The fourth-order valence-corrected chi connectivity index (χ4v) is 1.60. The number of amides is 1. The molecule has 1 N–H and O–H groups in total. The van der Waals surface area contributed by atoms with E-state index in [1.165, 1.54) is 12.8 Å². The van der Waals surface area contributed by atoms with Crippen molar-refractivity contribution in [3.8, 4) is 0 Å². The zero-order valence-electron chi connectivity index (χ0n) is 6.68. The van der Waals surface area contributed by atoms with Gasteiger partial charge in [-0.1, -0.05) is 6.92 Å². The van der Waals surface area contributed by atoms with E-state index >= 15 is 0 Å². The van der Waals surface area contributed by atoms with Crippen LogP contribution in [0.25, 0.3) is 0 Å². The van der Waals surface area contributed by atoms with Crippen LogP contribution in [0.3, 0.4) is 0 Å². The SMILES string of the molecule is CNC(=O)CC1CC(C)C1. The molecule has 0 heterocycles. The molecule has 0 aromatic heterocycles. The molecular formula is C8H15NO. The van der Waals surface area contributed by atoms with E-state index in [0.717, 1.165) is 12.3 Å². The minimum absolute atomic E-state index is 0.192. The highest BCUT2D eigenvalue weighted by Crippen LogP contribution is 2.35. The molecule has 0 spiro atoms. The van der Waals surface area contributed by atoms with Crippen LogP contribution < -0.4 is 5.32 Å². The van der Waals surface area contributed by atoms with Crippen molar-refractivity contribution >= 4 is 5.91 Å². The predicted molar refractivity (Wildman–Crippen MR) is 40.6 cm³/mol. The summed E-state index contributed by atoms with van der Waals surface area (Å²) in [4.78, 5) is 10.8. The van der Waals surface area contributed by atoms with Crippen molar-refractivity contribution in [1.29, 1.82) is 0 Å². The summed E-state index contributed by atoms with van der Waals surface area (Å²) in [5.41, 5.74) is 0. The van der Waals surface area contributed by atoms with E-state index < -0.39 is 0 Å². The molecule has 1 aliphatic rings. The van der Waals surface area contributed by atoms with E-state index in [0.29, 0.717) is 5.92 Å². The minimum Gasteiger partial charge on any atom is -0.359 e. The van der Waals surface area contributed by atoms with Crippen molar-refractivity contribution in [2.75, 3.05) is 7.05 Å². The Bertz CT molecular complexity index is 127. The summed E-state index contributed by atoms with van der Waals surface area (Å²) in [7, 11) is 1.70. The van der Waals surface area contributed by atoms with Crippen LogP contribution in [0.5, 0.6) is 0 Å². The maximum absolute atomic E-state index is 10.8. The third-order valence-electron chi connectivity index (χ3n) is 2.22. The van der Waals surface area contributed by atoms with E-state index in [-0.39, 0.29) is 5.91 Å². The second kappa shape index (κ2) is 3.04. The van der Waals surface area contributed by atoms with Crippen molar-refractivity contribution < 1.29 is 4.79 Å². The number of carbonyl (C=O) groups is 1. The molecule has 0 aromatic rings. The number of carbonyl (C=O) groups excluding carboxylic acids is 1. The van der Waals surface area contributed by atoms with Crippen molar-refractivity contribution in [1.82, 2.24) is 5.32 Å². The molecule has 58 valence electrons. The van der Waals surface area contributed by atoms with Gasteiger partial charge in [-0.25, -0.2) is 0 Å². The summed E-state index contributed by atoms with van der Waals surface area (Å²) >= 11 is 0. The molecule has 0 atom stereocenters. The van der Waals surface area contributed by atoms with Crippen LogP contribution in [-0.2, 0) is 4.79 Å². The first-order valence-corrected chi connectivity index (χ1v) is 3.93. The van der Waals surface area contributed by atoms with Gasteiger partial charge in [0.25, 0.3) is 0 Å². The van der Waals surface area contributed by atoms with Gasteiger partial charge >= 0.3 is 0 Å². The fraction of sp³-hybridized carbons (Fsp3) is 0.875. The molecule has 1 rings (SSSR count). The Morgan fingerprint density at radius 2 is 2.20 bits per heavy atom. The number of nitrogens with one attached hydrogen (secondary N) is 1. The lowest BCUT2D eigenvalue weighted by atomic mass is 9.74. The van der Waals surface area contributed by atoms with Crippen LogP contribution >= 0.6 is 0 Å². The molecule has 0 saturated heterocycles. The van der Waals surface area contributed by atoms with Gasteiger partial charge in [0.2, 0.25) is 5.91 Å². The van der Waals surface area contributed by atoms with Gasteiger partial charge in [-0.2, -0.15) is 0 Å². The van der Waals surface area contributed by atoms with Crippen molar-refractivity contribution in [3.63, 3.8) is 0 Å². The number of hydrogen-bond acceptors (Lipinski definition) is 1. The Labute approximate surface area is 62.0 Å². The molecule has 1 amide bonds. The average molecular weight is 141 g/mol. The number of rotatable bonds is 2. The van der Waals surface area contributed by atoms with Gasteiger partial charge in [0.15, 0.2) is 0 Å². The third kappa shape index (κ3) is 1.72. The fourth-order valence-electron chi connectivity index (χ4n) is 1.60. The van der Waals surface area contributed by atoms with Crippen molar-refractivity contribution in [3.05, 3.63) is 0 Å². The highest BCUT2D eigenvalue weighted by molar-refractivity contribution is 5.75. The lowest BCUT2D eigenvalue weighted by Gasteiger charge is -2.31. The van der Waals surface area contributed by atoms with Gasteiger partial charge in [0.05, 0.1) is 0 Å². The molecule has 10 heavy (non-hydrogen) atoms. The zero-order chi connectivity index (χ0) is 7.56. The monoisotopic (exact) mass is 141 g/mol. The molecule has 1 saturated carbocycles. The molecule has 0 bridgehead atoms. The highest BCUT2D eigenvalue weighted by Gasteiger charge is 2.26. The summed E-state index contributed by atoms with van der Waals surface area (Å²) < 4.78 is 0. The molecular weight excluding hydrogens is 126 g/mol. The highest BCUT2D eigenvalue weighted by atomic mass is 16.1. The Hall–Kier alpha value is -0.530. The molecule has 1 aliphatic carbocycles. The predicted octanol–water partition coefficient (Wildman–Crippen LogP) is 1.17. The molecule has 0 unspecified atom stereocenters. The average Bonchev–Trinajstić information content (AvgIpc) is 1.84.